The molecule has 0 radical (unpaired) electrons. The Kier molecular flexibility index (Phi) is 4.71. The quantitative estimate of drug-likeness (QED) is 0.835. The number of nitrogens with one attached hydrogen (secondary N) is 1. The van der Waals surface area contributed by atoms with E-state index < -0.39 is 5.91 Å². The van der Waals surface area contributed by atoms with Crippen molar-refractivity contribution in [3.05, 3.63) is 58.0 Å². The van der Waals surface area contributed by atoms with Crippen LogP contribution >= 0.6 is 0 Å². The molecule has 0 atom stereocenters. The van der Waals surface area contributed by atoms with E-state index in [1.54, 1.807) is 24.4 Å². The Balaban J connectivity index is 2.18. The zero-order valence-electron chi connectivity index (χ0n) is 11.9. The standard InChI is InChI=1S/C15H18N4O2/c1-2-6-17-13-8-14(20)19(18-9-13)10-11-4-3-5-12(7-11)15(16)21/h3-5,7-9,17H,2,6,10H2,1H3,(H2,16,21). The topological polar surface area (TPSA) is 90.0 Å². The minimum Gasteiger partial charge on any atom is -0.384 e. The van der Waals surface area contributed by atoms with Crippen LogP contribution < -0.4 is 16.6 Å². The molecule has 0 fully saturated rings. The van der Waals surface area contributed by atoms with Crippen molar-refractivity contribution in [2.75, 3.05) is 11.9 Å². The second-order valence-corrected chi connectivity index (χ2v) is 4.73. The molecule has 0 saturated heterocycles. The minimum atomic E-state index is -0.490. The van der Waals surface area contributed by atoms with Gasteiger partial charge in [-0.25, -0.2) is 4.68 Å². The molecule has 0 spiro atoms. The highest BCUT2D eigenvalue weighted by Crippen LogP contribution is 2.06. The SMILES string of the molecule is CCCNc1cnn(Cc2cccc(C(N)=O)c2)c(=O)c1. The second kappa shape index (κ2) is 6.69. The molecule has 3 N–H and O–H groups in total. The molecule has 6 nitrogen and oxygen atoms in total. The number of hydrogen-bond acceptors (Lipinski definition) is 4. The lowest BCUT2D eigenvalue weighted by molar-refractivity contribution is 0.1000. The largest absolute Gasteiger partial charge is 0.384 e. The molecule has 110 valence electrons. The van der Waals surface area contributed by atoms with E-state index in [1.807, 2.05) is 13.0 Å². The molecule has 1 aromatic heterocycles. The average molecular weight is 286 g/mol. The smallest absolute Gasteiger partial charge is 0.269 e. The van der Waals surface area contributed by atoms with Gasteiger partial charge in [0.15, 0.2) is 0 Å². The third-order valence-electron chi connectivity index (χ3n) is 2.99. The Hall–Kier alpha value is -2.63. The van der Waals surface area contributed by atoms with Crippen molar-refractivity contribution in [3.63, 3.8) is 0 Å². The minimum absolute atomic E-state index is 0.194. The summed E-state index contributed by atoms with van der Waals surface area (Å²) in [5.41, 5.74) is 6.98. The number of carbonyl (C=O) groups excluding carboxylic acids is 1. The maximum absolute atomic E-state index is 12.0. The number of hydrogen-bond donors (Lipinski definition) is 2. The van der Waals surface area contributed by atoms with Crippen molar-refractivity contribution < 1.29 is 4.79 Å². The van der Waals surface area contributed by atoms with Crippen molar-refractivity contribution in [2.24, 2.45) is 5.73 Å². The van der Waals surface area contributed by atoms with E-state index in [0.29, 0.717) is 17.8 Å². The summed E-state index contributed by atoms with van der Waals surface area (Å²) < 4.78 is 1.34. The lowest BCUT2D eigenvalue weighted by Crippen LogP contribution is -2.23. The fourth-order valence-electron chi connectivity index (χ4n) is 1.91. The summed E-state index contributed by atoms with van der Waals surface area (Å²) in [5.74, 6) is -0.490. The third-order valence-corrected chi connectivity index (χ3v) is 2.99. The van der Waals surface area contributed by atoms with Gasteiger partial charge in [0.25, 0.3) is 5.56 Å². The van der Waals surface area contributed by atoms with Crippen LogP contribution in [-0.4, -0.2) is 22.2 Å². The van der Waals surface area contributed by atoms with Crippen molar-refractivity contribution in [3.8, 4) is 0 Å². The van der Waals surface area contributed by atoms with Crippen LogP contribution in [0.15, 0.2) is 41.3 Å². The lowest BCUT2D eigenvalue weighted by Gasteiger charge is -2.08. The first kappa shape index (κ1) is 14.8. The first-order valence-corrected chi connectivity index (χ1v) is 6.80. The molecule has 0 aliphatic rings. The summed E-state index contributed by atoms with van der Waals surface area (Å²) in [5, 5.41) is 7.24. The molecule has 0 unspecified atom stereocenters. The average Bonchev–Trinajstić information content (AvgIpc) is 2.48. The summed E-state index contributed by atoms with van der Waals surface area (Å²) in [4.78, 5) is 23.1. The summed E-state index contributed by atoms with van der Waals surface area (Å²) in [7, 11) is 0. The predicted octanol–water partition coefficient (Wildman–Crippen LogP) is 1.21. The Morgan fingerprint density at radius 2 is 2.19 bits per heavy atom. The number of aromatic nitrogens is 2. The molecule has 1 amide bonds. The van der Waals surface area contributed by atoms with Gasteiger partial charge in [-0.3, -0.25) is 9.59 Å². The highest BCUT2D eigenvalue weighted by atomic mass is 16.1. The van der Waals surface area contributed by atoms with Gasteiger partial charge in [0.2, 0.25) is 5.91 Å². The van der Waals surface area contributed by atoms with Crippen LogP contribution in [-0.2, 0) is 6.54 Å². The van der Waals surface area contributed by atoms with E-state index in [0.717, 1.165) is 18.5 Å². The van der Waals surface area contributed by atoms with Crippen molar-refractivity contribution in [1.29, 1.82) is 0 Å². The van der Waals surface area contributed by atoms with E-state index in [2.05, 4.69) is 10.4 Å². The summed E-state index contributed by atoms with van der Waals surface area (Å²) in [6, 6.07) is 8.38. The van der Waals surface area contributed by atoms with Crippen molar-refractivity contribution >= 4 is 11.6 Å². The van der Waals surface area contributed by atoms with Crippen molar-refractivity contribution in [2.45, 2.75) is 19.9 Å². The normalized spacial score (nSPS) is 10.3. The van der Waals surface area contributed by atoms with Crippen LogP contribution in [0.3, 0.4) is 0 Å². The predicted molar refractivity (Wildman–Crippen MR) is 81.3 cm³/mol. The molecular formula is C15H18N4O2. The van der Waals surface area contributed by atoms with Crippen LogP contribution in [0.2, 0.25) is 0 Å². The van der Waals surface area contributed by atoms with Crippen molar-refractivity contribution in [1.82, 2.24) is 9.78 Å². The van der Waals surface area contributed by atoms with E-state index in [-0.39, 0.29) is 5.56 Å². The van der Waals surface area contributed by atoms with Gasteiger partial charge in [0, 0.05) is 18.2 Å². The molecule has 2 rings (SSSR count). The van der Waals surface area contributed by atoms with Gasteiger partial charge < -0.3 is 11.1 Å². The van der Waals surface area contributed by atoms with Crippen LogP contribution in [0.25, 0.3) is 0 Å². The number of benzene rings is 1. The number of anilines is 1. The Labute approximate surface area is 122 Å². The number of carbonyl (C=O) groups is 1. The van der Waals surface area contributed by atoms with Crippen LogP contribution in [0.4, 0.5) is 5.69 Å². The first-order chi connectivity index (χ1) is 10.1. The van der Waals surface area contributed by atoms with Crippen LogP contribution in [0.5, 0.6) is 0 Å². The zero-order chi connectivity index (χ0) is 15.2. The Bertz CT molecular complexity index is 694. The molecule has 0 aliphatic heterocycles. The molecule has 21 heavy (non-hydrogen) atoms. The van der Waals surface area contributed by atoms with Crippen LogP contribution in [0, 0.1) is 0 Å². The molecule has 6 heteroatoms. The molecule has 0 saturated carbocycles. The number of amides is 1. The number of primary amides is 1. The van der Waals surface area contributed by atoms with E-state index in [4.69, 9.17) is 5.73 Å². The fraction of sp³-hybridized carbons (Fsp3) is 0.267. The molecule has 1 aromatic carbocycles. The van der Waals surface area contributed by atoms with E-state index >= 15 is 0 Å². The fourth-order valence-corrected chi connectivity index (χ4v) is 1.91. The zero-order valence-corrected chi connectivity index (χ0v) is 11.9. The van der Waals surface area contributed by atoms with Gasteiger partial charge >= 0.3 is 0 Å². The van der Waals surface area contributed by atoms with E-state index in [9.17, 15) is 9.59 Å². The molecule has 0 aliphatic carbocycles. The van der Waals surface area contributed by atoms with Gasteiger partial charge in [-0.15, -0.1) is 0 Å². The van der Waals surface area contributed by atoms with Gasteiger partial charge in [-0.2, -0.15) is 5.10 Å². The second-order valence-electron chi connectivity index (χ2n) is 4.73. The molecule has 0 bridgehead atoms. The third kappa shape index (κ3) is 3.92. The monoisotopic (exact) mass is 286 g/mol. The molecule has 2 aromatic rings. The maximum atomic E-state index is 12.0. The highest BCUT2D eigenvalue weighted by molar-refractivity contribution is 5.92. The Morgan fingerprint density at radius 3 is 2.86 bits per heavy atom. The van der Waals surface area contributed by atoms with Gasteiger partial charge in [0.05, 0.1) is 18.4 Å². The highest BCUT2D eigenvalue weighted by Gasteiger charge is 2.04. The Morgan fingerprint density at radius 1 is 1.38 bits per heavy atom. The first-order valence-electron chi connectivity index (χ1n) is 6.80. The summed E-state index contributed by atoms with van der Waals surface area (Å²) >= 11 is 0. The molecular weight excluding hydrogens is 268 g/mol. The number of nitrogens with two attached hydrogens (primary N) is 1. The lowest BCUT2D eigenvalue weighted by atomic mass is 10.1. The number of rotatable bonds is 6. The van der Waals surface area contributed by atoms with Gasteiger partial charge in [-0.1, -0.05) is 19.1 Å². The van der Waals surface area contributed by atoms with E-state index in [1.165, 1.54) is 10.7 Å². The number of nitrogens with zero attached hydrogens (tertiary/aromatic N) is 2. The summed E-state index contributed by atoms with van der Waals surface area (Å²) in [6.07, 6.45) is 2.60. The maximum Gasteiger partial charge on any atom is 0.269 e. The van der Waals surface area contributed by atoms with Gasteiger partial charge in [0.1, 0.15) is 0 Å². The molecule has 1 heterocycles. The van der Waals surface area contributed by atoms with Crippen LogP contribution in [0.1, 0.15) is 29.3 Å². The summed E-state index contributed by atoms with van der Waals surface area (Å²) in [6.45, 7) is 3.15. The van der Waals surface area contributed by atoms with Gasteiger partial charge in [-0.05, 0) is 24.1 Å².